The van der Waals surface area contributed by atoms with Gasteiger partial charge >= 0.3 is 0 Å². The summed E-state index contributed by atoms with van der Waals surface area (Å²) in [6.07, 6.45) is 0. The predicted molar refractivity (Wildman–Crippen MR) is 78.0 cm³/mol. The number of hydrogen-bond acceptors (Lipinski definition) is 2. The van der Waals surface area contributed by atoms with Gasteiger partial charge in [-0.15, -0.1) is 0 Å². The Morgan fingerprint density at radius 2 is 1.67 bits per heavy atom. The van der Waals surface area contributed by atoms with Crippen LogP contribution in [0.2, 0.25) is 0 Å². The van der Waals surface area contributed by atoms with Crippen molar-refractivity contribution in [3.63, 3.8) is 0 Å². The van der Waals surface area contributed by atoms with E-state index in [0.29, 0.717) is 0 Å². The first-order chi connectivity index (χ1) is 9.93. The van der Waals surface area contributed by atoms with Gasteiger partial charge in [-0.3, -0.25) is 4.79 Å². The van der Waals surface area contributed by atoms with E-state index >= 15 is 0 Å². The van der Waals surface area contributed by atoms with Crippen LogP contribution < -0.4 is 10.6 Å². The van der Waals surface area contributed by atoms with Crippen molar-refractivity contribution in [1.29, 1.82) is 0 Å². The number of anilines is 2. The lowest BCUT2D eigenvalue weighted by Crippen LogP contribution is -2.16. The van der Waals surface area contributed by atoms with Gasteiger partial charge in [0.1, 0.15) is 11.5 Å². The molecule has 0 fully saturated rings. The summed E-state index contributed by atoms with van der Waals surface area (Å²) in [5.41, 5.74) is -0.693. The second kappa shape index (κ2) is 6.17. The molecule has 21 heavy (non-hydrogen) atoms. The first-order valence-corrected chi connectivity index (χ1v) is 6.65. The van der Waals surface area contributed by atoms with Crippen molar-refractivity contribution in [2.24, 2.45) is 0 Å². The van der Waals surface area contributed by atoms with Crippen LogP contribution in [0.4, 0.5) is 24.5 Å². The number of amides is 1. The molecule has 0 radical (unpaired) electrons. The summed E-state index contributed by atoms with van der Waals surface area (Å²) in [5, 5.41) is 4.65. The minimum atomic E-state index is -0.933. The van der Waals surface area contributed by atoms with Crippen molar-refractivity contribution >= 4 is 33.2 Å². The average molecular weight is 359 g/mol. The van der Waals surface area contributed by atoms with Crippen molar-refractivity contribution in [2.75, 3.05) is 17.7 Å². The summed E-state index contributed by atoms with van der Waals surface area (Å²) in [7, 11) is 1.44. The fourth-order valence-electron chi connectivity index (χ4n) is 1.81. The van der Waals surface area contributed by atoms with Crippen LogP contribution in [0.25, 0.3) is 0 Å². The average Bonchev–Trinajstić information content (AvgIpc) is 2.42. The van der Waals surface area contributed by atoms with Crippen molar-refractivity contribution < 1.29 is 18.0 Å². The topological polar surface area (TPSA) is 41.1 Å². The number of halogens is 4. The molecule has 7 heteroatoms. The number of rotatable bonds is 3. The van der Waals surface area contributed by atoms with E-state index in [2.05, 4.69) is 26.6 Å². The molecule has 0 aliphatic rings. The number of carbonyl (C=O) groups excluding carboxylic acids is 1. The molecule has 0 aromatic heterocycles. The van der Waals surface area contributed by atoms with Gasteiger partial charge in [0.05, 0.1) is 11.3 Å². The Balaban J connectivity index is 2.38. The van der Waals surface area contributed by atoms with Crippen molar-refractivity contribution in [3.05, 3.63) is 57.8 Å². The molecule has 0 saturated carbocycles. The molecule has 0 aliphatic heterocycles. The summed E-state index contributed by atoms with van der Waals surface area (Å²) in [4.78, 5) is 12.1. The molecule has 2 aromatic rings. The van der Waals surface area contributed by atoms with Crippen molar-refractivity contribution in [2.45, 2.75) is 0 Å². The van der Waals surface area contributed by atoms with E-state index in [0.717, 1.165) is 12.1 Å². The highest BCUT2D eigenvalue weighted by Crippen LogP contribution is 2.26. The molecular formula is C14H10BrF3N2O. The molecule has 2 rings (SSSR count). The minimum absolute atomic E-state index is 0.0482. The summed E-state index contributed by atoms with van der Waals surface area (Å²) in [6.45, 7) is 0. The monoisotopic (exact) mass is 358 g/mol. The van der Waals surface area contributed by atoms with E-state index < -0.39 is 29.0 Å². The zero-order chi connectivity index (χ0) is 15.6. The molecule has 0 unspecified atom stereocenters. The number of hydrogen-bond donors (Lipinski definition) is 2. The third kappa shape index (κ3) is 3.18. The van der Waals surface area contributed by atoms with Gasteiger partial charge in [0.2, 0.25) is 0 Å². The van der Waals surface area contributed by atoms with Gasteiger partial charge in [0, 0.05) is 11.5 Å². The van der Waals surface area contributed by atoms with Crippen LogP contribution in [0.15, 0.2) is 34.8 Å². The SMILES string of the molecule is CNc1c(F)cccc1C(=O)Nc1c(F)cc(Br)cc1F. The molecule has 2 aromatic carbocycles. The van der Waals surface area contributed by atoms with Gasteiger partial charge < -0.3 is 10.6 Å². The minimum Gasteiger partial charge on any atom is -0.385 e. The normalized spacial score (nSPS) is 10.3. The largest absolute Gasteiger partial charge is 0.385 e. The summed E-state index contributed by atoms with van der Waals surface area (Å²) >= 11 is 2.94. The van der Waals surface area contributed by atoms with Crippen LogP contribution in [0, 0.1) is 17.5 Å². The standard InChI is InChI=1S/C14H10BrF3N2O/c1-19-12-8(3-2-4-9(12)16)14(21)20-13-10(17)5-7(15)6-11(13)18/h2-6,19H,1H3,(H,20,21). The number of nitrogens with one attached hydrogen (secondary N) is 2. The van der Waals surface area contributed by atoms with Crippen LogP contribution in [0.1, 0.15) is 10.4 Å². The highest BCUT2D eigenvalue weighted by Gasteiger charge is 2.18. The van der Waals surface area contributed by atoms with E-state index in [-0.39, 0.29) is 15.7 Å². The summed E-state index contributed by atoms with van der Waals surface area (Å²) in [6, 6.07) is 5.88. The van der Waals surface area contributed by atoms with Crippen LogP contribution >= 0.6 is 15.9 Å². The van der Waals surface area contributed by atoms with Crippen LogP contribution in [0.5, 0.6) is 0 Å². The number of para-hydroxylation sites is 1. The van der Waals surface area contributed by atoms with Crippen LogP contribution in [-0.4, -0.2) is 13.0 Å². The Kier molecular flexibility index (Phi) is 4.52. The lowest BCUT2D eigenvalue weighted by Gasteiger charge is -2.12. The maximum Gasteiger partial charge on any atom is 0.258 e. The van der Waals surface area contributed by atoms with Gasteiger partial charge in [-0.1, -0.05) is 22.0 Å². The van der Waals surface area contributed by atoms with Crippen molar-refractivity contribution in [3.8, 4) is 0 Å². The van der Waals surface area contributed by atoms with Gasteiger partial charge in [-0.25, -0.2) is 13.2 Å². The lowest BCUT2D eigenvalue weighted by molar-refractivity contribution is 0.102. The van der Waals surface area contributed by atoms with Gasteiger partial charge in [0.25, 0.3) is 5.91 Å². The second-order valence-electron chi connectivity index (χ2n) is 4.11. The molecular weight excluding hydrogens is 349 g/mol. The van der Waals surface area contributed by atoms with E-state index in [1.54, 1.807) is 0 Å². The molecule has 110 valence electrons. The quantitative estimate of drug-likeness (QED) is 0.864. The molecule has 0 heterocycles. The molecule has 0 saturated heterocycles. The smallest absolute Gasteiger partial charge is 0.258 e. The van der Waals surface area contributed by atoms with Crippen LogP contribution in [0.3, 0.4) is 0 Å². The van der Waals surface area contributed by atoms with E-state index in [4.69, 9.17) is 0 Å². The molecule has 0 bridgehead atoms. The maximum atomic E-state index is 13.7. The van der Waals surface area contributed by atoms with Crippen molar-refractivity contribution in [1.82, 2.24) is 0 Å². The molecule has 1 amide bonds. The van der Waals surface area contributed by atoms with Crippen LogP contribution in [-0.2, 0) is 0 Å². The Morgan fingerprint density at radius 3 is 2.24 bits per heavy atom. The Labute approximate surface area is 127 Å². The van der Waals surface area contributed by atoms with Gasteiger partial charge in [-0.05, 0) is 24.3 Å². The maximum absolute atomic E-state index is 13.7. The predicted octanol–water partition coefficient (Wildman–Crippen LogP) is 4.16. The highest BCUT2D eigenvalue weighted by molar-refractivity contribution is 9.10. The van der Waals surface area contributed by atoms with E-state index in [1.807, 2.05) is 0 Å². The second-order valence-corrected chi connectivity index (χ2v) is 5.03. The Bertz CT molecular complexity index is 684. The zero-order valence-corrected chi connectivity index (χ0v) is 12.4. The molecule has 0 atom stereocenters. The Morgan fingerprint density at radius 1 is 1.05 bits per heavy atom. The number of benzene rings is 2. The van der Waals surface area contributed by atoms with E-state index in [1.165, 1.54) is 25.2 Å². The third-order valence-corrected chi connectivity index (χ3v) is 3.21. The number of carbonyl (C=O) groups is 1. The Hall–Kier alpha value is -2.02. The molecule has 3 nitrogen and oxygen atoms in total. The fourth-order valence-corrected chi connectivity index (χ4v) is 2.21. The molecule has 0 spiro atoms. The van der Waals surface area contributed by atoms with Gasteiger partial charge in [-0.2, -0.15) is 0 Å². The highest BCUT2D eigenvalue weighted by atomic mass is 79.9. The summed E-state index contributed by atoms with van der Waals surface area (Å²) in [5.74, 6) is -3.32. The third-order valence-electron chi connectivity index (χ3n) is 2.75. The first kappa shape index (κ1) is 15.4. The zero-order valence-electron chi connectivity index (χ0n) is 10.8. The van der Waals surface area contributed by atoms with E-state index in [9.17, 15) is 18.0 Å². The molecule has 2 N–H and O–H groups in total. The lowest BCUT2D eigenvalue weighted by atomic mass is 10.1. The fraction of sp³-hybridized carbons (Fsp3) is 0.0714. The molecule has 0 aliphatic carbocycles. The first-order valence-electron chi connectivity index (χ1n) is 5.86. The summed E-state index contributed by atoms with van der Waals surface area (Å²) < 4.78 is 41.1. The van der Waals surface area contributed by atoms with Gasteiger partial charge in [0.15, 0.2) is 11.6 Å².